The first-order chi connectivity index (χ1) is 20.8. The van der Waals surface area contributed by atoms with Crippen molar-refractivity contribution in [1.82, 2.24) is 24.6 Å². The minimum atomic E-state index is -4.43. The number of anilines is 1. The van der Waals surface area contributed by atoms with E-state index in [0.717, 1.165) is 37.8 Å². The van der Waals surface area contributed by atoms with Gasteiger partial charge in [-0.05, 0) is 37.8 Å². The summed E-state index contributed by atoms with van der Waals surface area (Å²) in [6, 6.07) is 5.45. The van der Waals surface area contributed by atoms with Crippen LogP contribution in [0.5, 0.6) is 0 Å². The summed E-state index contributed by atoms with van der Waals surface area (Å²) in [5.74, 6) is -1.18. The first-order valence-electron chi connectivity index (χ1n) is 14.8. The fourth-order valence-corrected chi connectivity index (χ4v) is 4.77. The average molecular weight is 617 g/mol. The number of nitrogens with one attached hydrogen (secondary N) is 2. The van der Waals surface area contributed by atoms with Crippen LogP contribution in [0.15, 0.2) is 49.1 Å². The number of Topliss-reactive ketones (excluding diaryl/α,β-unsaturated/α-hetero) is 1. The van der Waals surface area contributed by atoms with E-state index in [0.29, 0.717) is 23.5 Å². The Kier molecular flexibility index (Phi) is 10.2. The molecule has 0 spiro atoms. The number of nitrogens with zero attached hydrogens (tertiary/aromatic N) is 4. The Morgan fingerprint density at radius 2 is 1.80 bits per heavy atom. The van der Waals surface area contributed by atoms with Gasteiger partial charge in [0.25, 0.3) is 5.91 Å². The number of hydrogen-bond acceptors (Lipinski definition) is 6. The molecule has 13 heteroatoms. The molecule has 0 aliphatic heterocycles. The van der Waals surface area contributed by atoms with Gasteiger partial charge in [-0.2, -0.15) is 18.3 Å². The third kappa shape index (κ3) is 8.26. The molecule has 0 saturated heterocycles. The van der Waals surface area contributed by atoms with Crippen LogP contribution in [0.1, 0.15) is 77.8 Å². The maximum absolute atomic E-state index is 13.2. The smallest absolute Gasteiger partial charge is 0.416 e. The zero-order chi connectivity index (χ0) is 32.1. The number of benzene rings is 1. The molecular formula is C31H39F3N6O4. The van der Waals surface area contributed by atoms with Crippen molar-refractivity contribution >= 4 is 23.6 Å². The van der Waals surface area contributed by atoms with Crippen LogP contribution in [0, 0.1) is 5.41 Å². The number of carbonyl (C=O) groups excluding carboxylic acids is 3. The van der Waals surface area contributed by atoms with Gasteiger partial charge in [0, 0.05) is 23.2 Å². The molecule has 1 aromatic carbocycles. The number of rotatable bonds is 12. The molecule has 0 bridgehead atoms. The topological polar surface area (TPSA) is 120 Å². The lowest BCUT2D eigenvalue weighted by atomic mass is 9.89. The number of carbonyl (C=O) groups is 3. The summed E-state index contributed by atoms with van der Waals surface area (Å²) in [7, 11) is 0. The molecule has 4 rings (SSSR count). The van der Waals surface area contributed by atoms with Crippen molar-refractivity contribution in [2.24, 2.45) is 5.41 Å². The number of unbranched alkanes of at least 4 members (excludes halogenated alkanes) is 1. The normalized spacial score (nSPS) is 15.2. The first kappa shape index (κ1) is 32.7. The van der Waals surface area contributed by atoms with E-state index in [4.69, 9.17) is 4.74 Å². The van der Waals surface area contributed by atoms with Crippen molar-refractivity contribution in [2.75, 3.05) is 5.32 Å². The van der Waals surface area contributed by atoms with E-state index in [-0.39, 0.29) is 19.0 Å². The molecule has 2 atom stereocenters. The molecule has 2 N–H and O–H groups in total. The van der Waals surface area contributed by atoms with E-state index in [1.807, 2.05) is 27.7 Å². The second kappa shape index (κ2) is 13.6. The summed E-state index contributed by atoms with van der Waals surface area (Å²) in [6.07, 6.45) is 3.41. The highest BCUT2D eigenvalue weighted by Gasteiger charge is 2.33. The summed E-state index contributed by atoms with van der Waals surface area (Å²) in [5.41, 5.74) is -0.308. The molecule has 10 nitrogen and oxygen atoms in total. The number of ether oxygens (including phenoxy) is 1. The molecule has 0 radical (unpaired) electrons. The third-order valence-electron chi connectivity index (χ3n) is 7.74. The van der Waals surface area contributed by atoms with Gasteiger partial charge in [0.1, 0.15) is 18.0 Å². The van der Waals surface area contributed by atoms with Crippen molar-refractivity contribution in [2.45, 2.75) is 97.1 Å². The number of hydrogen-bond donors (Lipinski definition) is 2. The van der Waals surface area contributed by atoms with Crippen LogP contribution in [0.25, 0.3) is 11.3 Å². The van der Waals surface area contributed by atoms with E-state index in [1.165, 1.54) is 18.5 Å². The van der Waals surface area contributed by atoms with Gasteiger partial charge >= 0.3 is 12.3 Å². The molecule has 238 valence electrons. The van der Waals surface area contributed by atoms with E-state index in [9.17, 15) is 27.6 Å². The number of alkyl halides is 3. The second-order valence-corrected chi connectivity index (χ2v) is 12.2. The molecule has 44 heavy (non-hydrogen) atoms. The molecule has 2 aromatic heterocycles. The largest absolute Gasteiger partial charge is 0.444 e. The van der Waals surface area contributed by atoms with Crippen LogP contribution in [-0.4, -0.2) is 49.3 Å². The molecule has 0 unspecified atom stereocenters. The Morgan fingerprint density at radius 3 is 2.39 bits per heavy atom. The lowest BCUT2D eigenvalue weighted by Gasteiger charge is -2.31. The number of aromatic nitrogens is 4. The molecule has 1 saturated carbocycles. The molecule has 1 aliphatic rings. The second-order valence-electron chi connectivity index (χ2n) is 12.2. The van der Waals surface area contributed by atoms with E-state index < -0.39 is 47.1 Å². The van der Waals surface area contributed by atoms with Gasteiger partial charge in [0.2, 0.25) is 5.78 Å². The zero-order valence-electron chi connectivity index (χ0n) is 25.4. The lowest BCUT2D eigenvalue weighted by molar-refractivity contribution is -0.137. The zero-order valence-corrected chi connectivity index (χ0v) is 25.4. The van der Waals surface area contributed by atoms with Gasteiger partial charge in [0.15, 0.2) is 0 Å². The van der Waals surface area contributed by atoms with Gasteiger partial charge in [-0.1, -0.05) is 52.7 Å². The number of ketones is 1. The monoisotopic (exact) mass is 616 g/mol. The molecule has 3 aromatic rings. The SMILES string of the molecule is CCCC[C@H](NC(=O)O[C@H](Cn1cnc(-c2ccc(C(F)(F)F)cc2)c1)C(C)(C)C)C(=O)C(=O)Nc1ccnn1C1CCC1. The molecular weight excluding hydrogens is 577 g/mol. The van der Waals surface area contributed by atoms with Crippen molar-refractivity contribution < 1.29 is 32.3 Å². The lowest BCUT2D eigenvalue weighted by Crippen LogP contribution is -2.48. The molecule has 1 aliphatic carbocycles. The van der Waals surface area contributed by atoms with Gasteiger partial charge in [0.05, 0.1) is 36.4 Å². The molecule has 2 amide bonds. The minimum absolute atomic E-state index is 0.190. The highest BCUT2D eigenvalue weighted by Crippen LogP contribution is 2.33. The van der Waals surface area contributed by atoms with Crippen molar-refractivity contribution in [3.05, 3.63) is 54.6 Å². The number of alkyl carbamates (subject to hydrolysis) is 1. The first-order valence-corrected chi connectivity index (χ1v) is 14.8. The van der Waals surface area contributed by atoms with Crippen LogP contribution in [0.3, 0.4) is 0 Å². The van der Waals surface area contributed by atoms with Gasteiger partial charge in [-0.3, -0.25) is 9.59 Å². The summed E-state index contributed by atoms with van der Waals surface area (Å²) >= 11 is 0. The third-order valence-corrected chi connectivity index (χ3v) is 7.74. The molecule has 2 heterocycles. The summed E-state index contributed by atoms with van der Waals surface area (Å²) < 4.78 is 48.0. The Hall–Kier alpha value is -4.16. The van der Waals surface area contributed by atoms with Crippen molar-refractivity contribution in [1.29, 1.82) is 0 Å². The van der Waals surface area contributed by atoms with Crippen LogP contribution < -0.4 is 10.6 Å². The van der Waals surface area contributed by atoms with E-state index >= 15 is 0 Å². The minimum Gasteiger partial charge on any atom is -0.444 e. The summed E-state index contributed by atoms with van der Waals surface area (Å²) in [4.78, 5) is 43.5. The average Bonchev–Trinajstić information content (AvgIpc) is 3.58. The predicted molar refractivity (Wildman–Crippen MR) is 158 cm³/mol. The van der Waals surface area contributed by atoms with E-state index in [2.05, 4.69) is 20.7 Å². The van der Waals surface area contributed by atoms with Crippen LogP contribution in [0.2, 0.25) is 0 Å². The van der Waals surface area contributed by atoms with Crippen LogP contribution in [0.4, 0.5) is 23.8 Å². The van der Waals surface area contributed by atoms with Gasteiger partial charge < -0.3 is 19.9 Å². The van der Waals surface area contributed by atoms with Crippen molar-refractivity contribution in [3.8, 4) is 11.3 Å². The number of amides is 2. The Bertz CT molecular complexity index is 1440. The van der Waals surface area contributed by atoms with Crippen molar-refractivity contribution in [3.63, 3.8) is 0 Å². The quantitative estimate of drug-likeness (QED) is 0.227. The Labute approximate surface area is 254 Å². The van der Waals surface area contributed by atoms with E-state index in [1.54, 1.807) is 27.7 Å². The summed E-state index contributed by atoms with van der Waals surface area (Å²) in [5, 5.41) is 9.51. The Morgan fingerprint density at radius 1 is 1.09 bits per heavy atom. The summed E-state index contributed by atoms with van der Waals surface area (Å²) in [6.45, 7) is 7.80. The maximum atomic E-state index is 13.2. The number of halogens is 3. The standard InChI is InChI=1S/C31H39F3N6O4/c1-5-6-10-23(27(41)28(42)38-26-15-16-36-40(26)22-8-7-9-22)37-29(43)44-25(30(2,3)4)18-39-17-24(35-19-39)20-11-13-21(14-12-20)31(32,33)34/h11-17,19,22-23,25H,5-10,18H2,1-4H3,(H,37,43)(H,38,42)/t23-,25+/m0/s1. The highest BCUT2D eigenvalue weighted by molar-refractivity contribution is 6.42. The number of imidazole rings is 1. The molecule has 1 fully saturated rings. The van der Waals surface area contributed by atoms with Crippen LogP contribution >= 0.6 is 0 Å². The maximum Gasteiger partial charge on any atom is 0.416 e. The van der Waals surface area contributed by atoms with Crippen LogP contribution in [-0.2, 0) is 27.0 Å². The fraction of sp³-hybridized carbons (Fsp3) is 0.516. The highest BCUT2D eigenvalue weighted by atomic mass is 19.4. The van der Waals surface area contributed by atoms with Gasteiger partial charge in [-0.25, -0.2) is 14.5 Å². The predicted octanol–water partition coefficient (Wildman–Crippen LogP) is 6.40. The Balaban J connectivity index is 1.40. The fourth-order valence-electron chi connectivity index (χ4n) is 4.77. The van der Waals surface area contributed by atoms with Gasteiger partial charge in [-0.15, -0.1) is 0 Å².